The quantitative estimate of drug-likeness (QED) is 0.758. The van der Waals surface area contributed by atoms with Gasteiger partial charge < -0.3 is 4.57 Å². The molecule has 1 rings (SSSR count). The summed E-state index contributed by atoms with van der Waals surface area (Å²) in [5, 5.41) is 0. The molecule has 16 heavy (non-hydrogen) atoms. The van der Waals surface area contributed by atoms with Crippen molar-refractivity contribution in [2.45, 2.75) is 52.8 Å². The van der Waals surface area contributed by atoms with Gasteiger partial charge in [-0.1, -0.05) is 13.8 Å². The van der Waals surface area contributed by atoms with E-state index in [4.69, 9.17) is 0 Å². The van der Waals surface area contributed by atoms with Gasteiger partial charge in [-0.3, -0.25) is 0 Å². The van der Waals surface area contributed by atoms with Crippen LogP contribution in [0.5, 0.6) is 0 Å². The van der Waals surface area contributed by atoms with E-state index in [0.29, 0.717) is 5.82 Å². The highest BCUT2D eigenvalue weighted by molar-refractivity contribution is 5.23. The average Bonchev–Trinajstić information content (AvgIpc) is 2.41. The Labute approximate surface area is 93.5 Å². The minimum atomic E-state index is -4.37. The Morgan fingerprint density at radius 2 is 1.62 bits per heavy atom. The second-order valence-corrected chi connectivity index (χ2v) is 4.51. The van der Waals surface area contributed by atoms with Crippen LogP contribution in [0.15, 0.2) is 0 Å². The lowest BCUT2D eigenvalue weighted by molar-refractivity contribution is -0.141. The van der Waals surface area contributed by atoms with Gasteiger partial charge in [-0.2, -0.15) is 13.2 Å². The smallest absolute Gasteiger partial charge is 0.329 e. The van der Waals surface area contributed by atoms with Crippen molar-refractivity contribution in [2.24, 2.45) is 0 Å². The van der Waals surface area contributed by atoms with Gasteiger partial charge in [0.05, 0.1) is 5.69 Å². The number of aromatic nitrogens is 2. The molecule has 1 heterocycles. The maximum atomic E-state index is 12.8. The third kappa shape index (κ3) is 2.23. The van der Waals surface area contributed by atoms with Gasteiger partial charge in [0.2, 0.25) is 0 Å². The SMILES string of the molecule is Cc1nc(C(F)(F)F)c(C(C)C)n1C(C)C. The van der Waals surface area contributed by atoms with Crippen molar-refractivity contribution < 1.29 is 13.2 Å². The van der Waals surface area contributed by atoms with E-state index < -0.39 is 11.9 Å². The van der Waals surface area contributed by atoms with Gasteiger partial charge in [0.1, 0.15) is 5.82 Å². The molecule has 0 radical (unpaired) electrons. The fourth-order valence-electron chi connectivity index (χ4n) is 1.97. The normalized spacial score (nSPS) is 12.9. The standard InChI is InChI=1S/C11H17F3N2/c1-6(2)9-10(11(12,13)14)15-8(5)16(9)7(3)4/h6-7H,1-5H3. The lowest BCUT2D eigenvalue weighted by atomic mass is 10.1. The fraction of sp³-hybridized carbons (Fsp3) is 0.727. The Balaban J connectivity index is 3.48. The molecule has 0 spiro atoms. The van der Waals surface area contributed by atoms with Crippen LogP contribution in [0.3, 0.4) is 0 Å². The van der Waals surface area contributed by atoms with Crippen LogP contribution in [0.2, 0.25) is 0 Å². The van der Waals surface area contributed by atoms with Crippen LogP contribution in [0.25, 0.3) is 0 Å². The molecule has 5 heteroatoms. The molecular weight excluding hydrogens is 217 g/mol. The molecule has 0 unspecified atom stereocenters. The van der Waals surface area contributed by atoms with Crippen LogP contribution in [-0.2, 0) is 6.18 Å². The lowest BCUT2D eigenvalue weighted by Crippen LogP contribution is -2.14. The minimum Gasteiger partial charge on any atom is -0.329 e. The number of rotatable bonds is 2. The molecule has 0 fully saturated rings. The highest BCUT2D eigenvalue weighted by atomic mass is 19.4. The summed E-state index contributed by atoms with van der Waals surface area (Å²) in [6.45, 7) is 8.84. The minimum absolute atomic E-state index is 0.0130. The van der Waals surface area contributed by atoms with E-state index in [0.717, 1.165) is 0 Å². The van der Waals surface area contributed by atoms with Crippen LogP contribution >= 0.6 is 0 Å². The van der Waals surface area contributed by atoms with Crippen LogP contribution in [0.1, 0.15) is 56.9 Å². The predicted octanol–water partition coefficient (Wildman–Crippen LogP) is 3.91. The van der Waals surface area contributed by atoms with Crippen molar-refractivity contribution in [3.05, 3.63) is 17.2 Å². The third-order valence-corrected chi connectivity index (χ3v) is 2.46. The van der Waals surface area contributed by atoms with Gasteiger partial charge in [-0.15, -0.1) is 0 Å². The number of aryl methyl sites for hydroxylation is 1. The van der Waals surface area contributed by atoms with Gasteiger partial charge in [-0.05, 0) is 26.7 Å². The number of halogens is 3. The molecule has 92 valence electrons. The first kappa shape index (κ1) is 13.1. The van der Waals surface area contributed by atoms with E-state index in [9.17, 15) is 13.2 Å². The largest absolute Gasteiger partial charge is 0.435 e. The second-order valence-electron chi connectivity index (χ2n) is 4.51. The first-order valence-corrected chi connectivity index (χ1v) is 5.32. The monoisotopic (exact) mass is 234 g/mol. The Morgan fingerprint density at radius 1 is 1.12 bits per heavy atom. The van der Waals surface area contributed by atoms with E-state index in [1.165, 1.54) is 0 Å². The summed E-state index contributed by atoms with van der Waals surface area (Å²) in [4.78, 5) is 3.66. The molecule has 0 aromatic carbocycles. The highest BCUT2D eigenvalue weighted by Crippen LogP contribution is 2.36. The van der Waals surface area contributed by atoms with Crippen molar-refractivity contribution in [3.63, 3.8) is 0 Å². The van der Waals surface area contributed by atoms with Crippen molar-refractivity contribution in [1.82, 2.24) is 9.55 Å². The predicted molar refractivity (Wildman–Crippen MR) is 56.4 cm³/mol. The van der Waals surface area contributed by atoms with E-state index in [1.54, 1.807) is 25.3 Å². The molecule has 0 N–H and O–H groups in total. The molecule has 0 saturated heterocycles. The lowest BCUT2D eigenvalue weighted by Gasteiger charge is -2.18. The van der Waals surface area contributed by atoms with Gasteiger partial charge >= 0.3 is 6.18 Å². The van der Waals surface area contributed by atoms with Crippen LogP contribution in [-0.4, -0.2) is 9.55 Å². The van der Waals surface area contributed by atoms with Crippen LogP contribution in [0.4, 0.5) is 13.2 Å². The maximum absolute atomic E-state index is 12.8. The summed E-state index contributed by atoms with van der Waals surface area (Å²) in [5.74, 6) is 0.228. The number of hydrogen-bond donors (Lipinski definition) is 0. The van der Waals surface area contributed by atoms with Gasteiger partial charge in [0.15, 0.2) is 5.69 Å². The zero-order valence-corrected chi connectivity index (χ0v) is 10.2. The van der Waals surface area contributed by atoms with Gasteiger partial charge in [0, 0.05) is 6.04 Å². The van der Waals surface area contributed by atoms with E-state index in [-0.39, 0.29) is 17.7 Å². The van der Waals surface area contributed by atoms with Gasteiger partial charge in [0.25, 0.3) is 0 Å². The van der Waals surface area contributed by atoms with E-state index in [2.05, 4.69) is 4.98 Å². The van der Waals surface area contributed by atoms with Crippen molar-refractivity contribution in [1.29, 1.82) is 0 Å². The number of hydrogen-bond acceptors (Lipinski definition) is 1. The third-order valence-electron chi connectivity index (χ3n) is 2.46. The molecular formula is C11H17F3N2. The summed E-state index contributed by atoms with van der Waals surface area (Å²) in [5.41, 5.74) is -0.464. The van der Waals surface area contributed by atoms with Crippen LogP contribution in [0, 0.1) is 6.92 Å². The Bertz CT molecular complexity index is 375. The molecule has 1 aromatic rings. The number of imidazole rings is 1. The molecule has 0 saturated carbocycles. The molecule has 0 aliphatic heterocycles. The average molecular weight is 234 g/mol. The molecule has 0 amide bonds. The summed E-state index contributed by atoms with van der Waals surface area (Å²) >= 11 is 0. The van der Waals surface area contributed by atoms with E-state index in [1.807, 2.05) is 13.8 Å². The zero-order chi connectivity index (χ0) is 12.7. The Kier molecular flexibility index (Phi) is 3.35. The first-order chi connectivity index (χ1) is 7.16. The van der Waals surface area contributed by atoms with Crippen molar-refractivity contribution >= 4 is 0 Å². The summed E-state index contributed by atoms with van der Waals surface area (Å²) in [6, 6.07) is -0.0130. The Hall–Kier alpha value is -1.00. The molecule has 1 aromatic heterocycles. The van der Waals surface area contributed by atoms with Crippen LogP contribution < -0.4 is 0 Å². The maximum Gasteiger partial charge on any atom is 0.435 e. The van der Waals surface area contributed by atoms with Crippen molar-refractivity contribution in [2.75, 3.05) is 0 Å². The topological polar surface area (TPSA) is 17.8 Å². The fourth-order valence-corrected chi connectivity index (χ4v) is 1.97. The second kappa shape index (κ2) is 4.11. The summed E-state index contributed by atoms with van der Waals surface area (Å²) in [6.07, 6.45) is -4.37. The first-order valence-electron chi connectivity index (χ1n) is 5.32. The molecule has 0 atom stereocenters. The van der Waals surface area contributed by atoms with Crippen molar-refractivity contribution in [3.8, 4) is 0 Å². The van der Waals surface area contributed by atoms with Gasteiger partial charge in [-0.25, -0.2) is 4.98 Å². The molecule has 2 nitrogen and oxygen atoms in total. The van der Waals surface area contributed by atoms with E-state index >= 15 is 0 Å². The summed E-state index contributed by atoms with van der Waals surface area (Å²) in [7, 11) is 0. The summed E-state index contributed by atoms with van der Waals surface area (Å²) < 4.78 is 40.0. The molecule has 0 aliphatic carbocycles. The highest BCUT2D eigenvalue weighted by Gasteiger charge is 2.39. The number of nitrogens with zero attached hydrogens (tertiary/aromatic N) is 2. The number of alkyl halides is 3. The molecule has 0 bridgehead atoms. The zero-order valence-electron chi connectivity index (χ0n) is 10.2. The Morgan fingerprint density at radius 3 is 1.94 bits per heavy atom. The molecule has 0 aliphatic rings.